The van der Waals surface area contributed by atoms with Gasteiger partial charge in [0.1, 0.15) is 11.6 Å². The molecule has 0 aliphatic rings. The van der Waals surface area contributed by atoms with Crippen molar-refractivity contribution in [2.45, 2.75) is 32.3 Å². The maximum absolute atomic E-state index is 14.3. The third kappa shape index (κ3) is 5.02. The molecule has 0 fully saturated rings. The lowest BCUT2D eigenvalue weighted by molar-refractivity contribution is 0.182. The molecule has 0 saturated carbocycles. The number of unbranched alkanes of at least 4 members (excludes halogenated alkanes) is 1. The predicted molar refractivity (Wildman–Crippen MR) is 109 cm³/mol. The molecule has 144 valence electrons. The molecule has 0 amide bonds. The van der Waals surface area contributed by atoms with Crippen LogP contribution in [0, 0.1) is 5.82 Å². The molecule has 0 spiro atoms. The van der Waals surface area contributed by atoms with Crippen LogP contribution in [0.2, 0.25) is 0 Å². The van der Waals surface area contributed by atoms with E-state index in [2.05, 4.69) is 9.97 Å². The molecule has 2 N–H and O–H groups in total. The number of rotatable bonds is 7. The number of allylic oxidation sites excluding steroid dienone is 1. The molecule has 1 atom stereocenters. The molecule has 0 bridgehead atoms. The van der Waals surface area contributed by atoms with Crippen molar-refractivity contribution < 1.29 is 14.6 Å². The lowest BCUT2D eigenvalue weighted by Crippen LogP contribution is -1.97. The fourth-order valence-corrected chi connectivity index (χ4v) is 2.98. The molecule has 5 heteroatoms. The molecule has 4 nitrogen and oxygen atoms in total. The Bertz CT molecular complexity index is 953. The van der Waals surface area contributed by atoms with Crippen LogP contribution in [0.1, 0.15) is 32.0 Å². The van der Waals surface area contributed by atoms with E-state index in [0.29, 0.717) is 17.0 Å². The van der Waals surface area contributed by atoms with Crippen LogP contribution in [0.4, 0.5) is 4.39 Å². The highest BCUT2D eigenvalue weighted by molar-refractivity contribution is 5.83. The van der Waals surface area contributed by atoms with Crippen LogP contribution < -0.4 is 0 Å². The van der Waals surface area contributed by atoms with Crippen molar-refractivity contribution in [1.29, 1.82) is 0 Å². The molecule has 1 heterocycles. The Hall–Kier alpha value is -3.05. The normalized spacial score (nSPS) is 12.4. The second kappa shape index (κ2) is 9.24. The van der Waals surface area contributed by atoms with Gasteiger partial charge in [0, 0.05) is 29.6 Å². The Morgan fingerprint density at radius 2 is 1.75 bits per heavy atom. The average molecular weight is 378 g/mol. The van der Waals surface area contributed by atoms with Crippen LogP contribution >= 0.6 is 0 Å². The maximum Gasteiger partial charge on any atom is 0.151 e. The topological polar surface area (TPSA) is 66.2 Å². The smallest absolute Gasteiger partial charge is 0.151 e. The zero-order chi connectivity index (χ0) is 19.9. The largest absolute Gasteiger partial charge is 0.508 e. The van der Waals surface area contributed by atoms with E-state index in [1.165, 1.54) is 6.07 Å². The summed E-state index contributed by atoms with van der Waals surface area (Å²) < 4.78 is 14.3. The van der Waals surface area contributed by atoms with E-state index < -0.39 is 5.82 Å². The fourth-order valence-electron chi connectivity index (χ4n) is 2.98. The summed E-state index contributed by atoms with van der Waals surface area (Å²) in [5.74, 6) is 0.0193. The Morgan fingerprint density at radius 3 is 2.43 bits per heavy atom. The van der Waals surface area contributed by atoms with Gasteiger partial charge in [-0.2, -0.15) is 0 Å². The third-order valence-corrected chi connectivity index (χ3v) is 4.41. The predicted octanol–water partition coefficient (Wildman–Crippen LogP) is 5.22. The first-order valence-electron chi connectivity index (χ1n) is 9.29. The Balaban J connectivity index is 1.80. The minimum absolute atomic E-state index is 0.105. The zero-order valence-corrected chi connectivity index (χ0v) is 15.7. The lowest BCUT2D eigenvalue weighted by Gasteiger charge is -2.11. The summed E-state index contributed by atoms with van der Waals surface area (Å²) in [5.41, 5.74) is 2.73. The summed E-state index contributed by atoms with van der Waals surface area (Å²) in [6.07, 6.45) is 9.57. The molecule has 3 rings (SSSR count). The lowest BCUT2D eigenvalue weighted by atomic mass is 9.95. The molecule has 28 heavy (non-hydrogen) atoms. The van der Waals surface area contributed by atoms with Crippen LogP contribution in [-0.2, 0) is 0 Å². The third-order valence-electron chi connectivity index (χ3n) is 4.41. The van der Waals surface area contributed by atoms with Gasteiger partial charge in [0.25, 0.3) is 0 Å². The first-order chi connectivity index (χ1) is 13.5. The van der Waals surface area contributed by atoms with Gasteiger partial charge >= 0.3 is 0 Å². The first-order valence-corrected chi connectivity index (χ1v) is 9.29. The number of aliphatic hydroxyl groups is 1. The van der Waals surface area contributed by atoms with Crippen LogP contribution in [0.25, 0.3) is 28.3 Å². The van der Waals surface area contributed by atoms with Gasteiger partial charge in [-0.05, 0) is 55.5 Å². The van der Waals surface area contributed by atoms with E-state index in [-0.39, 0.29) is 11.9 Å². The molecular formula is C23H23FN2O2. The molecule has 3 aromatic rings. The van der Waals surface area contributed by atoms with Gasteiger partial charge in [0.2, 0.25) is 0 Å². The number of aliphatic hydroxyl groups excluding tert-OH is 1. The second-order valence-electron chi connectivity index (χ2n) is 6.72. The van der Waals surface area contributed by atoms with Crippen molar-refractivity contribution in [3.8, 4) is 28.0 Å². The molecule has 0 saturated heterocycles. The Kier molecular flexibility index (Phi) is 6.50. The molecule has 1 aromatic heterocycles. The zero-order valence-electron chi connectivity index (χ0n) is 15.7. The standard InChI is InChI=1S/C23H23FN2O2/c1-16(27)7-3-2-4-10-23-25-14-17(15-26-23)19-8-5-6-9-20(19)21-12-11-18(28)13-22(21)24/h4-6,8-16,27-28H,2-3,7H2,1H3. The quantitative estimate of drug-likeness (QED) is 0.553. The first kappa shape index (κ1) is 19.7. The minimum atomic E-state index is -0.481. The molecule has 0 radical (unpaired) electrons. The number of phenols is 1. The molecule has 1 unspecified atom stereocenters. The molecule has 0 aliphatic carbocycles. The van der Waals surface area contributed by atoms with Gasteiger partial charge in [-0.25, -0.2) is 14.4 Å². The van der Waals surface area contributed by atoms with Crippen LogP contribution in [-0.4, -0.2) is 26.3 Å². The number of hydrogen-bond acceptors (Lipinski definition) is 4. The van der Waals surface area contributed by atoms with Crippen molar-refractivity contribution in [1.82, 2.24) is 9.97 Å². The molecule has 0 aliphatic heterocycles. The number of benzene rings is 2. The van der Waals surface area contributed by atoms with Gasteiger partial charge in [-0.1, -0.05) is 30.3 Å². The number of nitrogens with zero attached hydrogens (tertiary/aromatic N) is 2. The average Bonchev–Trinajstić information content (AvgIpc) is 2.68. The summed E-state index contributed by atoms with van der Waals surface area (Å²) in [5, 5.41) is 18.7. The van der Waals surface area contributed by atoms with E-state index in [1.807, 2.05) is 36.4 Å². The van der Waals surface area contributed by atoms with Crippen molar-refractivity contribution in [2.75, 3.05) is 0 Å². The number of phenolic OH excluding ortho intramolecular Hbond substituents is 1. The van der Waals surface area contributed by atoms with Gasteiger partial charge in [0.15, 0.2) is 5.82 Å². The van der Waals surface area contributed by atoms with Gasteiger partial charge in [0.05, 0.1) is 6.10 Å². The monoisotopic (exact) mass is 378 g/mol. The van der Waals surface area contributed by atoms with Crippen LogP contribution in [0.3, 0.4) is 0 Å². The van der Waals surface area contributed by atoms with Crippen LogP contribution in [0.15, 0.2) is 60.9 Å². The number of halogens is 1. The van der Waals surface area contributed by atoms with E-state index in [1.54, 1.807) is 25.4 Å². The molecular weight excluding hydrogens is 355 g/mol. The highest BCUT2D eigenvalue weighted by atomic mass is 19.1. The van der Waals surface area contributed by atoms with E-state index in [4.69, 9.17) is 0 Å². The van der Waals surface area contributed by atoms with Crippen molar-refractivity contribution in [3.63, 3.8) is 0 Å². The van der Waals surface area contributed by atoms with E-state index in [9.17, 15) is 14.6 Å². The Morgan fingerprint density at radius 1 is 1.04 bits per heavy atom. The SMILES string of the molecule is CC(O)CCCC=Cc1ncc(-c2ccccc2-c2ccc(O)cc2F)cn1. The van der Waals surface area contributed by atoms with E-state index in [0.717, 1.165) is 36.5 Å². The fraction of sp³-hybridized carbons (Fsp3) is 0.217. The minimum Gasteiger partial charge on any atom is -0.508 e. The number of hydrogen-bond donors (Lipinski definition) is 2. The molecule has 2 aromatic carbocycles. The van der Waals surface area contributed by atoms with Crippen LogP contribution in [0.5, 0.6) is 5.75 Å². The van der Waals surface area contributed by atoms with Crippen molar-refractivity contribution in [2.24, 2.45) is 0 Å². The number of aromatic nitrogens is 2. The summed E-state index contributed by atoms with van der Waals surface area (Å²) >= 11 is 0. The summed E-state index contributed by atoms with van der Waals surface area (Å²) in [4.78, 5) is 8.76. The van der Waals surface area contributed by atoms with Crippen molar-refractivity contribution in [3.05, 3.63) is 72.6 Å². The summed E-state index contributed by atoms with van der Waals surface area (Å²) in [6.45, 7) is 1.79. The van der Waals surface area contributed by atoms with Gasteiger partial charge in [-0.15, -0.1) is 0 Å². The maximum atomic E-state index is 14.3. The summed E-state index contributed by atoms with van der Waals surface area (Å²) in [6, 6.07) is 11.6. The highest BCUT2D eigenvalue weighted by Crippen LogP contribution is 2.34. The highest BCUT2D eigenvalue weighted by Gasteiger charge is 2.12. The van der Waals surface area contributed by atoms with Gasteiger partial charge < -0.3 is 10.2 Å². The summed E-state index contributed by atoms with van der Waals surface area (Å²) in [7, 11) is 0. The van der Waals surface area contributed by atoms with E-state index >= 15 is 0 Å². The van der Waals surface area contributed by atoms with Gasteiger partial charge in [-0.3, -0.25) is 0 Å². The number of aromatic hydroxyl groups is 1. The second-order valence-corrected chi connectivity index (χ2v) is 6.72. The Labute approximate surface area is 164 Å². The van der Waals surface area contributed by atoms with Crippen molar-refractivity contribution >= 4 is 6.08 Å².